The van der Waals surface area contributed by atoms with Crippen molar-refractivity contribution in [2.45, 2.75) is 13.1 Å². The molecular weight excluding hydrogens is 255 g/mol. The van der Waals surface area contributed by atoms with Gasteiger partial charge in [0.2, 0.25) is 0 Å². The van der Waals surface area contributed by atoms with E-state index < -0.39 is 39.3 Å². The zero-order chi connectivity index (χ0) is 14.1. The molecule has 0 spiro atoms. The number of nitrogens with zero attached hydrogens (tertiary/aromatic N) is 1. The fraction of sp³-hybridized carbons (Fsp3) is 0.200. The van der Waals surface area contributed by atoms with E-state index in [9.17, 15) is 32.9 Å². The Kier molecular flexibility index (Phi) is 3.49. The highest BCUT2D eigenvalue weighted by molar-refractivity contribution is 6.03. The summed E-state index contributed by atoms with van der Waals surface area (Å²) < 4.78 is 38.3. The van der Waals surface area contributed by atoms with E-state index in [1.807, 2.05) is 0 Å². The lowest BCUT2D eigenvalue weighted by Gasteiger charge is -2.12. The third-order valence-electron chi connectivity index (χ3n) is 2.17. The van der Waals surface area contributed by atoms with Crippen LogP contribution in [0, 0.1) is 10.1 Å². The summed E-state index contributed by atoms with van der Waals surface area (Å²) in [5.74, 6) is -1.06. The summed E-state index contributed by atoms with van der Waals surface area (Å²) in [5, 5.41) is 10.5. The number of halogens is 3. The molecule has 0 saturated heterocycles. The molecule has 5 nitrogen and oxygen atoms in total. The number of nitro benzene ring substituents is 1. The maximum absolute atomic E-state index is 12.8. The normalized spacial score (nSPS) is 11.1. The van der Waals surface area contributed by atoms with Crippen molar-refractivity contribution in [3.8, 4) is 0 Å². The first-order valence-corrected chi connectivity index (χ1v) is 4.54. The lowest BCUT2D eigenvalue weighted by molar-refractivity contribution is -0.388. The topological polar surface area (TPSA) is 77.3 Å². The SMILES string of the molecule is CC(=O)c1c(C=O)ccc([N+](=O)[O-])c1C(F)(F)F. The van der Waals surface area contributed by atoms with Gasteiger partial charge in [-0.1, -0.05) is 0 Å². The van der Waals surface area contributed by atoms with Gasteiger partial charge in [-0.3, -0.25) is 19.7 Å². The molecule has 0 atom stereocenters. The first kappa shape index (κ1) is 13.8. The van der Waals surface area contributed by atoms with Gasteiger partial charge in [0.1, 0.15) is 5.56 Å². The molecule has 0 N–H and O–H groups in total. The van der Waals surface area contributed by atoms with Crippen LogP contribution < -0.4 is 0 Å². The van der Waals surface area contributed by atoms with E-state index in [1.54, 1.807) is 0 Å². The minimum atomic E-state index is -5.09. The number of Topliss-reactive ketones (excluding diaryl/α,β-unsaturated/α-hetero) is 1. The number of rotatable bonds is 3. The number of carbonyl (C=O) groups excluding carboxylic acids is 2. The Bertz CT molecular complexity index is 537. The van der Waals surface area contributed by atoms with Crippen LogP contribution in [0.4, 0.5) is 18.9 Å². The maximum atomic E-state index is 12.8. The largest absolute Gasteiger partial charge is 0.423 e. The molecule has 1 rings (SSSR count). The molecule has 0 amide bonds. The number of hydrogen-bond acceptors (Lipinski definition) is 4. The van der Waals surface area contributed by atoms with Gasteiger partial charge in [0, 0.05) is 17.2 Å². The Morgan fingerprint density at radius 1 is 1.39 bits per heavy atom. The quantitative estimate of drug-likeness (QED) is 0.362. The van der Waals surface area contributed by atoms with E-state index in [-0.39, 0.29) is 6.29 Å². The standard InChI is InChI=1S/C10H6F3NO4/c1-5(16)8-6(4-15)2-3-7(14(17)18)9(8)10(11,12)13/h2-4H,1H3. The molecule has 0 bridgehead atoms. The smallest absolute Gasteiger partial charge is 0.298 e. The molecule has 8 heteroatoms. The molecule has 0 aromatic heterocycles. The second kappa shape index (κ2) is 4.55. The van der Waals surface area contributed by atoms with Crippen LogP contribution >= 0.6 is 0 Å². The Balaban J connectivity index is 3.83. The van der Waals surface area contributed by atoms with E-state index in [4.69, 9.17) is 0 Å². The Labute approximate surface area is 98.4 Å². The van der Waals surface area contributed by atoms with E-state index in [1.165, 1.54) is 0 Å². The highest BCUT2D eigenvalue weighted by Gasteiger charge is 2.42. The summed E-state index contributed by atoms with van der Waals surface area (Å²) in [5.41, 5.74) is -4.45. The maximum Gasteiger partial charge on any atom is 0.423 e. The Hall–Kier alpha value is -2.25. The number of benzene rings is 1. The van der Waals surface area contributed by atoms with Crippen LogP contribution in [0.15, 0.2) is 12.1 Å². The van der Waals surface area contributed by atoms with Gasteiger partial charge in [-0.2, -0.15) is 13.2 Å². The van der Waals surface area contributed by atoms with E-state index in [0.717, 1.165) is 13.0 Å². The average Bonchev–Trinajstić information content (AvgIpc) is 2.25. The molecule has 0 heterocycles. The van der Waals surface area contributed by atoms with Crippen LogP contribution in [0.1, 0.15) is 33.2 Å². The number of aldehydes is 1. The lowest BCUT2D eigenvalue weighted by Crippen LogP contribution is -2.16. The van der Waals surface area contributed by atoms with Crippen molar-refractivity contribution < 1.29 is 27.7 Å². The molecular formula is C10H6F3NO4. The van der Waals surface area contributed by atoms with Gasteiger partial charge in [-0.15, -0.1) is 0 Å². The molecule has 0 fully saturated rings. The van der Waals surface area contributed by atoms with E-state index >= 15 is 0 Å². The van der Waals surface area contributed by atoms with Crippen molar-refractivity contribution in [1.29, 1.82) is 0 Å². The molecule has 1 aromatic carbocycles. The Morgan fingerprint density at radius 3 is 2.28 bits per heavy atom. The minimum Gasteiger partial charge on any atom is -0.298 e. The fourth-order valence-corrected chi connectivity index (χ4v) is 1.52. The van der Waals surface area contributed by atoms with Gasteiger partial charge in [0.05, 0.1) is 4.92 Å². The van der Waals surface area contributed by atoms with Crippen molar-refractivity contribution in [2.24, 2.45) is 0 Å². The summed E-state index contributed by atoms with van der Waals surface area (Å²) in [6.07, 6.45) is -5.04. The Morgan fingerprint density at radius 2 is 1.94 bits per heavy atom. The fourth-order valence-electron chi connectivity index (χ4n) is 1.52. The number of nitro groups is 1. The van der Waals surface area contributed by atoms with Crippen molar-refractivity contribution in [3.63, 3.8) is 0 Å². The number of ketones is 1. The molecule has 0 saturated carbocycles. The van der Waals surface area contributed by atoms with Crippen LogP contribution in [0.25, 0.3) is 0 Å². The van der Waals surface area contributed by atoms with Crippen molar-refractivity contribution >= 4 is 17.8 Å². The van der Waals surface area contributed by atoms with Gasteiger partial charge < -0.3 is 0 Å². The third-order valence-corrected chi connectivity index (χ3v) is 2.17. The summed E-state index contributed by atoms with van der Waals surface area (Å²) in [6, 6.07) is 1.37. The molecule has 0 unspecified atom stereocenters. The zero-order valence-electron chi connectivity index (χ0n) is 8.95. The van der Waals surface area contributed by atoms with E-state index in [2.05, 4.69) is 0 Å². The van der Waals surface area contributed by atoms with Crippen LogP contribution in [0.3, 0.4) is 0 Å². The highest BCUT2D eigenvalue weighted by atomic mass is 19.4. The van der Waals surface area contributed by atoms with Crippen molar-refractivity contribution in [1.82, 2.24) is 0 Å². The number of alkyl halides is 3. The van der Waals surface area contributed by atoms with E-state index in [0.29, 0.717) is 6.07 Å². The molecule has 96 valence electrons. The second-order valence-electron chi connectivity index (χ2n) is 3.35. The first-order chi connectivity index (χ1) is 8.20. The summed E-state index contributed by atoms with van der Waals surface area (Å²) in [6.45, 7) is 0.807. The number of hydrogen-bond donors (Lipinski definition) is 0. The monoisotopic (exact) mass is 261 g/mol. The van der Waals surface area contributed by atoms with Crippen LogP contribution in [0.5, 0.6) is 0 Å². The van der Waals surface area contributed by atoms with Gasteiger partial charge >= 0.3 is 6.18 Å². The predicted octanol–water partition coefficient (Wildman–Crippen LogP) is 2.63. The molecule has 1 aromatic rings. The molecule has 0 radical (unpaired) electrons. The zero-order valence-corrected chi connectivity index (χ0v) is 8.95. The van der Waals surface area contributed by atoms with Crippen LogP contribution in [-0.2, 0) is 6.18 Å². The summed E-state index contributed by atoms with van der Waals surface area (Å²) in [7, 11) is 0. The van der Waals surface area contributed by atoms with Gasteiger partial charge in [-0.25, -0.2) is 0 Å². The minimum absolute atomic E-state index is 0.0513. The molecule has 0 aliphatic rings. The van der Waals surface area contributed by atoms with Crippen molar-refractivity contribution in [3.05, 3.63) is 38.9 Å². The summed E-state index contributed by atoms with van der Waals surface area (Å²) in [4.78, 5) is 31.1. The van der Waals surface area contributed by atoms with Gasteiger partial charge in [0.15, 0.2) is 12.1 Å². The molecule has 18 heavy (non-hydrogen) atoms. The summed E-state index contributed by atoms with van der Waals surface area (Å²) >= 11 is 0. The van der Waals surface area contributed by atoms with Gasteiger partial charge in [-0.05, 0) is 13.0 Å². The predicted molar refractivity (Wildman–Crippen MR) is 53.5 cm³/mol. The third kappa shape index (κ3) is 2.36. The highest BCUT2D eigenvalue weighted by Crippen LogP contribution is 2.39. The average molecular weight is 261 g/mol. The lowest BCUT2D eigenvalue weighted by atomic mass is 9.96. The molecule has 0 aliphatic carbocycles. The second-order valence-corrected chi connectivity index (χ2v) is 3.35. The first-order valence-electron chi connectivity index (χ1n) is 4.54. The van der Waals surface area contributed by atoms with Crippen molar-refractivity contribution in [2.75, 3.05) is 0 Å². The number of carbonyl (C=O) groups is 2. The van der Waals surface area contributed by atoms with Crippen LogP contribution in [0.2, 0.25) is 0 Å². The van der Waals surface area contributed by atoms with Crippen LogP contribution in [-0.4, -0.2) is 17.0 Å². The molecule has 0 aliphatic heterocycles. The van der Waals surface area contributed by atoms with Gasteiger partial charge in [0.25, 0.3) is 5.69 Å².